The van der Waals surface area contributed by atoms with E-state index in [0.717, 1.165) is 31.6 Å². The Labute approximate surface area is 107 Å². The number of halogens is 1. The predicted molar refractivity (Wildman–Crippen MR) is 68.2 cm³/mol. The van der Waals surface area contributed by atoms with Crippen LogP contribution in [0.25, 0.3) is 0 Å². The molecule has 2 rings (SSSR count). The fraction of sp³-hybridized carbons (Fsp3) is 0.571. The molecular weight excluding hydrogens is 233 g/mol. The van der Waals surface area contributed by atoms with Gasteiger partial charge in [0.1, 0.15) is 0 Å². The number of rotatable bonds is 4. The van der Waals surface area contributed by atoms with Crippen LogP contribution in [0.2, 0.25) is 0 Å². The predicted octanol–water partition coefficient (Wildman–Crippen LogP) is 2.13. The van der Waals surface area contributed by atoms with E-state index in [1.54, 1.807) is 6.07 Å². The van der Waals surface area contributed by atoms with Crippen LogP contribution in [-0.2, 0) is 11.2 Å². The minimum atomic E-state index is -0.331. The second-order valence-electron chi connectivity index (χ2n) is 4.81. The van der Waals surface area contributed by atoms with Crippen LogP contribution in [0.5, 0.6) is 5.75 Å². The molecule has 100 valence electrons. The summed E-state index contributed by atoms with van der Waals surface area (Å²) in [5.41, 5.74) is 7.08. The lowest BCUT2D eigenvalue weighted by molar-refractivity contribution is 0.0450. The van der Waals surface area contributed by atoms with Gasteiger partial charge in [-0.25, -0.2) is 4.39 Å². The maximum Gasteiger partial charge on any atom is 0.165 e. The van der Waals surface area contributed by atoms with E-state index in [4.69, 9.17) is 15.2 Å². The molecule has 4 heteroatoms. The second kappa shape index (κ2) is 6.16. The summed E-state index contributed by atoms with van der Waals surface area (Å²) in [6.07, 6.45) is 2.84. The molecule has 1 fully saturated rings. The van der Waals surface area contributed by atoms with E-state index in [9.17, 15) is 4.39 Å². The Morgan fingerprint density at radius 1 is 1.56 bits per heavy atom. The Balaban J connectivity index is 1.97. The van der Waals surface area contributed by atoms with Crippen molar-refractivity contribution < 1.29 is 13.9 Å². The molecule has 0 aliphatic carbocycles. The highest BCUT2D eigenvalue weighted by Crippen LogP contribution is 2.22. The highest BCUT2D eigenvalue weighted by molar-refractivity contribution is 5.29. The normalized spacial score (nSPS) is 21.6. The van der Waals surface area contributed by atoms with Crippen molar-refractivity contribution in [3.05, 3.63) is 29.6 Å². The van der Waals surface area contributed by atoms with Gasteiger partial charge in [0.25, 0.3) is 0 Å². The fourth-order valence-corrected chi connectivity index (χ4v) is 2.38. The summed E-state index contributed by atoms with van der Waals surface area (Å²) < 4.78 is 23.9. The third-order valence-electron chi connectivity index (χ3n) is 3.49. The maximum absolute atomic E-state index is 13.6. The topological polar surface area (TPSA) is 44.5 Å². The van der Waals surface area contributed by atoms with Crippen LogP contribution in [0.3, 0.4) is 0 Å². The molecule has 1 aromatic rings. The Morgan fingerprint density at radius 2 is 2.39 bits per heavy atom. The van der Waals surface area contributed by atoms with Crippen molar-refractivity contribution in [3.8, 4) is 5.75 Å². The molecule has 1 heterocycles. The number of hydrogen-bond donors (Lipinski definition) is 1. The quantitative estimate of drug-likeness (QED) is 0.894. The van der Waals surface area contributed by atoms with E-state index < -0.39 is 0 Å². The zero-order chi connectivity index (χ0) is 13.0. The summed E-state index contributed by atoms with van der Waals surface area (Å²) >= 11 is 0. The van der Waals surface area contributed by atoms with Gasteiger partial charge in [-0.05, 0) is 42.9 Å². The Morgan fingerprint density at radius 3 is 3.00 bits per heavy atom. The van der Waals surface area contributed by atoms with Crippen molar-refractivity contribution in [1.29, 1.82) is 0 Å². The molecule has 18 heavy (non-hydrogen) atoms. The second-order valence-corrected chi connectivity index (χ2v) is 4.81. The molecule has 0 saturated carbocycles. The highest BCUT2D eigenvalue weighted by atomic mass is 19.1. The van der Waals surface area contributed by atoms with Crippen molar-refractivity contribution in [2.24, 2.45) is 11.7 Å². The summed E-state index contributed by atoms with van der Waals surface area (Å²) in [6.45, 7) is 1.56. The Kier molecular flexibility index (Phi) is 4.55. The van der Waals surface area contributed by atoms with Crippen molar-refractivity contribution >= 4 is 0 Å². The van der Waals surface area contributed by atoms with E-state index in [-0.39, 0.29) is 17.6 Å². The lowest BCUT2D eigenvalue weighted by atomic mass is 9.90. The third-order valence-corrected chi connectivity index (χ3v) is 3.49. The van der Waals surface area contributed by atoms with Crippen molar-refractivity contribution in [2.45, 2.75) is 25.3 Å². The van der Waals surface area contributed by atoms with Crippen LogP contribution in [-0.4, -0.2) is 26.4 Å². The van der Waals surface area contributed by atoms with Crippen LogP contribution in [0.4, 0.5) is 4.39 Å². The molecule has 0 amide bonds. The SMILES string of the molecule is COc1ccc(CC(N)C2CCCOC2)cc1F. The lowest BCUT2D eigenvalue weighted by Gasteiger charge is -2.27. The number of nitrogens with two attached hydrogens (primary N) is 1. The molecule has 0 aromatic heterocycles. The van der Waals surface area contributed by atoms with Crippen molar-refractivity contribution in [1.82, 2.24) is 0 Å². The number of methoxy groups -OCH3 is 1. The average Bonchev–Trinajstić information content (AvgIpc) is 2.40. The molecule has 2 N–H and O–H groups in total. The van der Waals surface area contributed by atoms with E-state index in [0.29, 0.717) is 12.3 Å². The van der Waals surface area contributed by atoms with Gasteiger partial charge in [0.15, 0.2) is 11.6 Å². The van der Waals surface area contributed by atoms with Gasteiger partial charge in [-0.3, -0.25) is 0 Å². The van der Waals surface area contributed by atoms with Gasteiger partial charge in [-0.15, -0.1) is 0 Å². The molecule has 2 atom stereocenters. The van der Waals surface area contributed by atoms with Crippen LogP contribution in [0, 0.1) is 11.7 Å². The molecule has 1 aliphatic rings. The van der Waals surface area contributed by atoms with Gasteiger partial charge in [0.05, 0.1) is 13.7 Å². The van der Waals surface area contributed by atoms with E-state index in [1.807, 2.05) is 6.07 Å². The molecule has 1 aromatic carbocycles. The highest BCUT2D eigenvalue weighted by Gasteiger charge is 2.21. The van der Waals surface area contributed by atoms with Gasteiger partial charge >= 0.3 is 0 Å². The number of hydrogen-bond acceptors (Lipinski definition) is 3. The number of benzene rings is 1. The van der Waals surface area contributed by atoms with Crippen LogP contribution in [0.1, 0.15) is 18.4 Å². The minimum absolute atomic E-state index is 0.0260. The summed E-state index contributed by atoms with van der Waals surface area (Å²) in [4.78, 5) is 0. The molecule has 0 spiro atoms. The van der Waals surface area contributed by atoms with Gasteiger partial charge in [-0.1, -0.05) is 6.07 Å². The summed E-state index contributed by atoms with van der Waals surface area (Å²) in [6, 6.07) is 5.04. The minimum Gasteiger partial charge on any atom is -0.494 e. The van der Waals surface area contributed by atoms with E-state index in [1.165, 1.54) is 13.2 Å². The first-order chi connectivity index (χ1) is 8.70. The lowest BCUT2D eigenvalue weighted by Crippen LogP contribution is -2.37. The third kappa shape index (κ3) is 3.21. The summed E-state index contributed by atoms with van der Waals surface area (Å²) in [5, 5.41) is 0. The van der Waals surface area contributed by atoms with Crippen molar-refractivity contribution in [3.63, 3.8) is 0 Å². The van der Waals surface area contributed by atoms with Gasteiger partial charge in [0, 0.05) is 12.6 Å². The Bertz CT molecular complexity index is 391. The molecule has 3 nitrogen and oxygen atoms in total. The Hall–Kier alpha value is -1.13. The summed E-state index contributed by atoms with van der Waals surface area (Å²) in [7, 11) is 1.46. The zero-order valence-corrected chi connectivity index (χ0v) is 10.7. The van der Waals surface area contributed by atoms with Gasteiger partial charge in [0.2, 0.25) is 0 Å². The van der Waals surface area contributed by atoms with Crippen LogP contribution >= 0.6 is 0 Å². The van der Waals surface area contributed by atoms with Crippen LogP contribution in [0.15, 0.2) is 18.2 Å². The standard InChI is InChI=1S/C14H20FNO2/c1-17-14-5-4-10(7-12(14)15)8-13(16)11-3-2-6-18-9-11/h4-5,7,11,13H,2-3,6,8-9,16H2,1H3. The van der Waals surface area contributed by atoms with Crippen LogP contribution < -0.4 is 10.5 Å². The fourth-order valence-electron chi connectivity index (χ4n) is 2.38. The van der Waals surface area contributed by atoms with Gasteiger partial charge < -0.3 is 15.2 Å². The molecular formula is C14H20FNO2. The van der Waals surface area contributed by atoms with Crippen molar-refractivity contribution in [2.75, 3.05) is 20.3 Å². The smallest absolute Gasteiger partial charge is 0.165 e. The van der Waals surface area contributed by atoms with E-state index >= 15 is 0 Å². The first kappa shape index (κ1) is 13.3. The van der Waals surface area contributed by atoms with Gasteiger partial charge in [-0.2, -0.15) is 0 Å². The first-order valence-electron chi connectivity index (χ1n) is 6.36. The van der Waals surface area contributed by atoms with E-state index in [2.05, 4.69) is 0 Å². The average molecular weight is 253 g/mol. The number of ether oxygens (including phenoxy) is 2. The molecule has 1 saturated heterocycles. The first-order valence-corrected chi connectivity index (χ1v) is 6.36. The molecule has 0 bridgehead atoms. The monoisotopic (exact) mass is 253 g/mol. The zero-order valence-electron chi connectivity index (χ0n) is 10.7. The molecule has 1 aliphatic heterocycles. The maximum atomic E-state index is 13.6. The molecule has 0 radical (unpaired) electrons. The molecule has 2 unspecified atom stereocenters. The largest absolute Gasteiger partial charge is 0.494 e. The summed E-state index contributed by atoms with van der Waals surface area (Å²) in [5.74, 6) is 0.319.